The Bertz CT molecular complexity index is 1720. The molecule has 4 aromatic rings. The van der Waals surface area contributed by atoms with Crippen molar-refractivity contribution in [2.24, 2.45) is 41.6 Å². The second-order valence-corrected chi connectivity index (χ2v) is 17.2. The third-order valence-corrected chi connectivity index (χ3v) is 7.10. The number of nitrogens with zero attached hydrogens (tertiary/aromatic N) is 4. The number of hydrogen-bond donors (Lipinski definition) is 8. The summed E-state index contributed by atoms with van der Waals surface area (Å²) in [5.41, 5.74) is 3.61. The van der Waals surface area contributed by atoms with Crippen molar-refractivity contribution >= 4 is 130 Å². The topological polar surface area (TPSA) is 176 Å². The number of hydrogen-bond acceptors (Lipinski definition) is 13. The van der Waals surface area contributed by atoms with Crippen LogP contribution < -0.4 is 0 Å². The van der Waals surface area contributed by atoms with Crippen LogP contribution in [0, 0.1) is 185 Å². The van der Waals surface area contributed by atoms with Crippen molar-refractivity contribution in [3.8, 4) is 0 Å². The molecule has 71 heavy (non-hydrogen) atoms. The number of carbonyl (C=O) groups excluding carboxylic acids is 5. The smallest absolute Gasteiger partial charge is 0.183 e. The molecule has 0 unspecified atom stereocenters. The normalized spacial score (nSPS) is 9.24. The molecular formula is C44H75B5N7O5S5U5. The van der Waals surface area contributed by atoms with E-state index in [0.29, 0.717) is 17.8 Å². The number of aliphatic imine (C=N–C) groups is 1. The molecule has 0 aromatic carbocycles. The van der Waals surface area contributed by atoms with Crippen LogP contribution in [-0.2, 0) is 11.8 Å². The molecule has 5 heterocycles. The second-order valence-electron chi connectivity index (χ2n) is 14.7. The number of ketones is 5. The third-order valence-electron chi connectivity index (χ3n) is 7.10. The van der Waals surface area contributed by atoms with Crippen LogP contribution in [0.25, 0.3) is 0 Å². The van der Waals surface area contributed by atoms with E-state index in [4.69, 9.17) is 0 Å². The summed E-state index contributed by atoms with van der Waals surface area (Å²) in [6.07, 6.45) is 16.9. The molecule has 0 aliphatic carbocycles. The molecule has 3 N–H and O–H groups in total. The molecule has 27 heteroatoms. The van der Waals surface area contributed by atoms with Crippen molar-refractivity contribution in [2.45, 2.75) is 103 Å². The first kappa shape index (κ1) is 95.4. The molecule has 5 rings (SSSR count). The average Bonchev–Trinajstić information content (AvgIpc) is 4.12. The number of thiol groups is 5. The van der Waals surface area contributed by atoms with Gasteiger partial charge in [-0.15, -0.1) is 0 Å². The summed E-state index contributed by atoms with van der Waals surface area (Å²) in [7, 11) is 1.91. The van der Waals surface area contributed by atoms with Gasteiger partial charge in [0, 0.05) is 246 Å². The Balaban J connectivity index is -0.0000000752. The maximum absolute atomic E-state index is 11.3. The minimum Gasteiger partial charge on any atom is -0.367 e. The molecule has 1 aliphatic rings. The van der Waals surface area contributed by atoms with E-state index in [1.54, 1.807) is 76.1 Å². The van der Waals surface area contributed by atoms with Crippen LogP contribution in [0.5, 0.6) is 0 Å². The number of carbonyl (C=O) groups is 5. The molecule has 0 bridgehead atoms. The van der Waals surface area contributed by atoms with E-state index in [0.717, 1.165) is 16.7 Å². The van der Waals surface area contributed by atoms with Crippen molar-refractivity contribution in [3.63, 3.8) is 0 Å². The average molecular weight is 2190 g/mol. The number of nitrogens with one attached hydrogen (secondary N) is 3. The minimum absolute atomic E-state index is 0. The number of Topliss-reactive ketones (excluding diaryl/α,β-unsaturated/α-hetero) is 5. The van der Waals surface area contributed by atoms with Gasteiger partial charge in [-0.05, 0) is 12.1 Å². The maximum atomic E-state index is 11.3. The van der Waals surface area contributed by atoms with Crippen LogP contribution in [0.3, 0.4) is 0 Å². The van der Waals surface area contributed by atoms with E-state index >= 15 is 0 Å². The van der Waals surface area contributed by atoms with Crippen LogP contribution in [0.4, 0.5) is 0 Å². The first-order valence-corrected chi connectivity index (χ1v) is 23.9. The van der Waals surface area contributed by atoms with Gasteiger partial charge in [0.05, 0.1) is 30.8 Å². The fraction of sp³-hybridized carbons (Fsp3) is 0.500. The zero-order valence-electron chi connectivity index (χ0n) is 44.5. The van der Waals surface area contributed by atoms with Crippen molar-refractivity contribution in [1.29, 1.82) is 0 Å². The number of aromatic amines is 3. The minimum atomic E-state index is 0. The van der Waals surface area contributed by atoms with Crippen LogP contribution in [-0.4, -0.2) is 104 Å². The number of aryl methyl sites for hydroxylation is 1. The Morgan fingerprint density at radius 1 is 0.577 bits per heavy atom. The van der Waals surface area contributed by atoms with E-state index in [1.165, 1.54) is 6.33 Å². The summed E-state index contributed by atoms with van der Waals surface area (Å²) in [5, 5.41) is 6.27. The molecule has 5 radical (unpaired) electrons. The van der Waals surface area contributed by atoms with E-state index in [2.05, 4.69) is 92.5 Å². The number of allylic oxidation sites excluding steroid dienone is 1. The number of imidazole rings is 1. The quantitative estimate of drug-likeness (QED) is 0.0443. The van der Waals surface area contributed by atoms with Crippen LogP contribution in [0.15, 0.2) is 78.5 Å². The van der Waals surface area contributed by atoms with Gasteiger partial charge in [0.25, 0.3) is 0 Å². The fourth-order valence-electron chi connectivity index (χ4n) is 4.07. The number of rotatable bonds is 10. The first-order valence-electron chi connectivity index (χ1n) is 21.3. The molecule has 0 saturated carbocycles. The van der Waals surface area contributed by atoms with Gasteiger partial charge in [-0.1, -0.05) is 109 Å². The predicted molar refractivity (Wildman–Crippen MR) is 304 cm³/mol. The molecule has 0 spiro atoms. The molecule has 1 aliphatic heterocycles. The van der Waals surface area contributed by atoms with Gasteiger partial charge in [-0.25, -0.2) is 67.4 Å². The Morgan fingerprint density at radius 2 is 0.986 bits per heavy atom. The standard InChI is InChI=1S/C9H13NO.2C8H11NO.2C7H10N2O.5CH4BS.5U/c1-7(2)9(11)8-4-5-10(3)6-8;2*1-6(2)8(10)7-3-4-9-5-7;1-5(2)7(10)6-3-8-4-9-6;1-5(2)7(10)6-3-8-9-4-6;5*1-2-3;;;;;/h4-7H,1-3H3;3,5-6H,4H2,1-2H3;3-6,9H,1-2H3;2*3-5H,1-2H3,(H,8,9);5*3H,1H3;;;;;. The van der Waals surface area contributed by atoms with Crippen LogP contribution >= 0.6 is 62.4 Å². The molecular weight excluding hydrogens is 2110 g/mol. The molecule has 381 valence electrons. The molecule has 0 atom stereocenters. The predicted octanol–water partition coefficient (Wildman–Crippen LogP) is 10.4. The summed E-state index contributed by atoms with van der Waals surface area (Å²) in [6, 6.07) is 3.64. The van der Waals surface area contributed by atoms with E-state index in [9.17, 15) is 24.0 Å². The molecule has 0 saturated heterocycles. The third kappa shape index (κ3) is 56.6. The van der Waals surface area contributed by atoms with Crippen molar-refractivity contribution < 1.29 is 180 Å². The van der Waals surface area contributed by atoms with Crippen molar-refractivity contribution in [2.75, 3.05) is 6.54 Å². The monoisotopic (exact) mass is 2190 g/mol. The Hall–Kier alpha value is 2.07. The number of aromatic nitrogens is 6. The zero-order chi connectivity index (χ0) is 52.2. The SMILES string of the molecule is CC(C)C(=O)C1=CCN=C1.CC(C)C(=O)c1cc[nH]c1.CC(C)C(=O)c1ccn(C)c1.CC(C)C(=O)c1cn[nH]c1.CC(C)C(=O)c1cnc[nH]1.C[B]S.C[B]S.C[B]S.C[B]S.C[B]S.[U].[U].[U].[U].[U]. The summed E-state index contributed by atoms with van der Waals surface area (Å²) in [6.45, 7) is 37.4. The molecule has 12 nitrogen and oxygen atoms in total. The van der Waals surface area contributed by atoms with Gasteiger partial charge >= 0.3 is 0 Å². The van der Waals surface area contributed by atoms with Crippen LogP contribution in [0.2, 0.25) is 34.1 Å². The number of H-pyrrole nitrogens is 3. The van der Waals surface area contributed by atoms with Crippen LogP contribution in [0.1, 0.15) is 111 Å². The van der Waals surface area contributed by atoms with E-state index in [-0.39, 0.29) is 214 Å². The molecule has 0 fully saturated rings. The van der Waals surface area contributed by atoms with Crippen molar-refractivity contribution in [3.05, 3.63) is 95.9 Å². The van der Waals surface area contributed by atoms with Gasteiger partial charge in [0.15, 0.2) is 61.7 Å². The maximum Gasteiger partial charge on any atom is 0.183 e. The summed E-state index contributed by atoms with van der Waals surface area (Å²) in [4.78, 5) is 69.3. The fourth-order valence-corrected chi connectivity index (χ4v) is 4.07. The van der Waals surface area contributed by atoms with Gasteiger partial charge in [-0.3, -0.25) is 34.1 Å². The second kappa shape index (κ2) is 66.4. The summed E-state index contributed by atoms with van der Waals surface area (Å²) in [5.74, 6) is 1.22. The van der Waals surface area contributed by atoms with Crippen molar-refractivity contribution in [1.82, 2.24) is 29.7 Å². The van der Waals surface area contributed by atoms with Gasteiger partial charge in [0.2, 0.25) is 0 Å². The van der Waals surface area contributed by atoms with E-state index in [1.807, 2.05) is 140 Å². The zero-order valence-corrected chi connectivity index (χ0v) is 69.8. The Kier molecular flexibility index (Phi) is 89.2. The Labute approximate surface area is 578 Å². The molecule has 0 amide bonds. The Morgan fingerprint density at radius 3 is 1.27 bits per heavy atom. The molecule has 4 aromatic heterocycles. The largest absolute Gasteiger partial charge is 0.367 e. The van der Waals surface area contributed by atoms with E-state index < -0.39 is 0 Å². The first-order chi connectivity index (χ1) is 31.0. The van der Waals surface area contributed by atoms with Gasteiger partial charge < -0.3 is 14.5 Å². The van der Waals surface area contributed by atoms with Gasteiger partial charge in [-0.2, -0.15) is 5.10 Å². The van der Waals surface area contributed by atoms with Gasteiger partial charge in [0.1, 0.15) is 5.69 Å². The summed E-state index contributed by atoms with van der Waals surface area (Å²) < 4.78 is 1.88. The summed E-state index contributed by atoms with van der Waals surface area (Å²) >= 11 is 18.3.